The Balaban J connectivity index is 2.15. The first-order valence-electron chi connectivity index (χ1n) is 7.77. The van der Waals surface area contributed by atoms with E-state index in [1.54, 1.807) is 13.2 Å². The van der Waals surface area contributed by atoms with Crippen LogP contribution in [0.25, 0.3) is 0 Å². The van der Waals surface area contributed by atoms with Crippen molar-refractivity contribution < 1.29 is 14.1 Å². The Bertz CT molecular complexity index is 719. The third-order valence-corrected chi connectivity index (χ3v) is 3.38. The number of rotatable bonds is 5. The van der Waals surface area contributed by atoms with Crippen molar-refractivity contribution in [1.82, 2.24) is 10.1 Å². The van der Waals surface area contributed by atoms with Gasteiger partial charge in [0.2, 0.25) is 11.8 Å². The number of aromatic nitrogens is 2. The zero-order valence-corrected chi connectivity index (χ0v) is 14.9. The molecule has 0 fully saturated rings. The van der Waals surface area contributed by atoms with Gasteiger partial charge < -0.3 is 19.9 Å². The minimum Gasteiger partial charge on any atom is -0.494 e. The largest absolute Gasteiger partial charge is 0.494 e. The van der Waals surface area contributed by atoms with E-state index in [2.05, 4.69) is 20.8 Å². The van der Waals surface area contributed by atoms with Gasteiger partial charge in [-0.25, -0.2) is 0 Å². The standard InChI is InChI=1S/C17H24N4O3/c1-10(15-20-16(21-24-15)17(3,4)5)18-12-7-8-13(19-11(2)22)14(9-12)23-6/h7-10,18H,1-6H3,(H,19,22)/t10-/m1/s1. The van der Waals surface area contributed by atoms with Crippen LogP contribution in [-0.4, -0.2) is 23.2 Å². The average Bonchev–Trinajstić information content (AvgIpc) is 2.98. The molecule has 7 heteroatoms. The summed E-state index contributed by atoms with van der Waals surface area (Å²) in [6, 6.07) is 5.28. The predicted molar refractivity (Wildman–Crippen MR) is 92.3 cm³/mol. The molecule has 24 heavy (non-hydrogen) atoms. The monoisotopic (exact) mass is 332 g/mol. The third-order valence-electron chi connectivity index (χ3n) is 3.38. The van der Waals surface area contributed by atoms with Crippen LogP contribution in [0.2, 0.25) is 0 Å². The second-order valence-corrected chi connectivity index (χ2v) is 6.67. The van der Waals surface area contributed by atoms with Gasteiger partial charge in [0.1, 0.15) is 11.8 Å². The molecule has 0 aliphatic heterocycles. The van der Waals surface area contributed by atoms with Gasteiger partial charge in [0.15, 0.2) is 5.82 Å². The van der Waals surface area contributed by atoms with E-state index in [-0.39, 0.29) is 17.4 Å². The quantitative estimate of drug-likeness (QED) is 0.871. The van der Waals surface area contributed by atoms with Crippen LogP contribution in [-0.2, 0) is 10.2 Å². The maximum atomic E-state index is 11.2. The average molecular weight is 332 g/mol. The van der Waals surface area contributed by atoms with Gasteiger partial charge in [0, 0.05) is 24.1 Å². The zero-order valence-electron chi connectivity index (χ0n) is 14.9. The maximum Gasteiger partial charge on any atom is 0.248 e. The molecule has 1 aromatic carbocycles. The van der Waals surface area contributed by atoms with Crippen LogP contribution in [0.4, 0.5) is 11.4 Å². The highest BCUT2D eigenvalue weighted by Crippen LogP contribution is 2.30. The summed E-state index contributed by atoms with van der Waals surface area (Å²) in [6.45, 7) is 9.49. The lowest BCUT2D eigenvalue weighted by Crippen LogP contribution is -2.14. The van der Waals surface area contributed by atoms with Crippen LogP contribution in [0.3, 0.4) is 0 Å². The Kier molecular flexibility index (Phi) is 5.11. The fourth-order valence-electron chi connectivity index (χ4n) is 2.10. The number of hydrogen-bond acceptors (Lipinski definition) is 6. The lowest BCUT2D eigenvalue weighted by molar-refractivity contribution is -0.114. The van der Waals surface area contributed by atoms with Crippen molar-refractivity contribution in [2.75, 3.05) is 17.7 Å². The molecule has 2 rings (SSSR count). The molecule has 1 atom stereocenters. The summed E-state index contributed by atoms with van der Waals surface area (Å²) in [5, 5.41) is 10.0. The summed E-state index contributed by atoms with van der Waals surface area (Å²) >= 11 is 0. The van der Waals surface area contributed by atoms with Crippen LogP contribution in [0.15, 0.2) is 22.7 Å². The van der Waals surface area contributed by atoms with Crippen LogP contribution in [0.5, 0.6) is 5.75 Å². The number of hydrogen-bond donors (Lipinski definition) is 2. The first-order valence-corrected chi connectivity index (χ1v) is 7.77. The lowest BCUT2D eigenvalue weighted by Gasteiger charge is -2.15. The predicted octanol–water partition coefficient (Wildman–Crippen LogP) is 3.51. The number of amides is 1. The highest BCUT2D eigenvalue weighted by molar-refractivity contribution is 5.90. The molecule has 1 heterocycles. The fourth-order valence-corrected chi connectivity index (χ4v) is 2.10. The van der Waals surface area contributed by atoms with E-state index in [1.165, 1.54) is 6.92 Å². The molecule has 0 bridgehead atoms. The van der Waals surface area contributed by atoms with Crippen molar-refractivity contribution >= 4 is 17.3 Å². The van der Waals surface area contributed by atoms with E-state index in [1.807, 2.05) is 39.8 Å². The van der Waals surface area contributed by atoms with Crippen LogP contribution in [0, 0.1) is 0 Å². The van der Waals surface area contributed by atoms with E-state index in [0.29, 0.717) is 23.2 Å². The number of anilines is 2. The Morgan fingerprint density at radius 2 is 2.04 bits per heavy atom. The zero-order chi connectivity index (χ0) is 17.9. The fraction of sp³-hybridized carbons (Fsp3) is 0.471. The molecular formula is C17H24N4O3. The molecule has 0 saturated carbocycles. The third kappa shape index (κ3) is 4.24. The molecule has 0 spiro atoms. The lowest BCUT2D eigenvalue weighted by atomic mass is 9.96. The van der Waals surface area contributed by atoms with E-state index in [4.69, 9.17) is 9.26 Å². The Morgan fingerprint density at radius 1 is 1.33 bits per heavy atom. The van der Waals surface area contributed by atoms with Gasteiger partial charge in [-0.3, -0.25) is 4.79 Å². The molecule has 0 saturated heterocycles. The van der Waals surface area contributed by atoms with E-state index >= 15 is 0 Å². The first kappa shape index (κ1) is 17.8. The second-order valence-electron chi connectivity index (χ2n) is 6.67. The summed E-state index contributed by atoms with van der Waals surface area (Å²) in [6.07, 6.45) is 0. The SMILES string of the molecule is COc1cc(N[C@H](C)c2nc(C(C)(C)C)no2)ccc1NC(C)=O. The van der Waals surface area contributed by atoms with Crippen molar-refractivity contribution in [3.05, 3.63) is 29.9 Å². The summed E-state index contributed by atoms with van der Waals surface area (Å²) < 4.78 is 10.7. The highest BCUT2D eigenvalue weighted by Gasteiger charge is 2.23. The number of carbonyl (C=O) groups excluding carboxylic acids is 1. The van der Waals surface area contributed by atoms with E-state index < -0.39 is 0 Å². The van der Waals surface area contributed by atoms with Gasteiger partial charge in [0.05, 0.1) is 12.8 Å². The number of ether oxygens (including phenoxy) is 1. The van der Waals surface area contributed by atoms with Crippen molar-refractivity contribution in [3.8, 4) is 5.75 Å². The van der Waals surface area contributed by atoms with Crippen molar-refractivity contribution in [2.45, 2.75) is 46.1 Å². The summed E-state index contributed by atoms with van der Waals surface area (Å²) in [7, 11) is 1.56. The molecule has 7 nitrogen and oxygen atoms in total. The smallest absolute Gasteiger partial charge is 0.248 e. The van der Waals surface area contributed by atoms with Gasteiger partial charge >= 0.3 is 0 Å². The van der Waals surface area contributed by atoms with Gasteiger partial charge in [-0.2, -0.15) is 4.98 Å². The van der Waals surface area contributed by atoms with Crippen LogP contribution >= 0.6 is 0 Å². The minimum atomic E-state index is -0.162. The normalized spacial score (nSPS) is 12.6. The minimum absolute atomic E-state index is 0.150. The number of benzene rings is 1. The van der Waals surface area contributed by atoms with Crippen molar-refractivity contribution in [3.63, 3.8) is 0 Å². The van der Waals surface area contributed by atoms with Crippen molar-refractivity contribution in [2.24, 2.45) is 0 Å². The molecule has 0 aliphatic carbocycles. The van der Waals surface area contributed by atoms with E-state index in [9.17, 15) is 4.79 Å². The molecule has 130 valence electrons. The number of carbonyl (C=O) groups is 1. The van der Waals surface area contributed by atoms with Gasteiger partial charge in [-0.1, -0.05) is 25.9 Å². The molecule has 0 aliphatic rings. The van der Waals surface area contributed by atoms with Crippen molar-refractivity contribution in [1.29, 1.82) is 0 Å². The molecule has 2 aromatic rings. The summed E-state index contributed by atoms with van der Waals surface area (Å²) in [5.74, 6) is 1.61. The molecule has 0 unspecified atom stereocenters. The first-order chi connectivity index (χ1) is 11.2. The summed E-state index contributed by atoms with van der Waals surface area (Å²) in [4.78, 5) is 15.7. The molecule has 1 amide bonds. The maximum absolute atomic E-state index is 11.2. The number of nitrogens with zero attached hydrogens (tertiary/aromatic N) is 2. The number of methoxy groups -OCH3 is 1. The van der Waals surface area contributed by atoms with Gasteiger partial charge in [-0.05, 0) is 19.1 Å². The summed E-state index contributed by atoms with van der Waals surface area (Å²) in [5.41, 5.74) is 1.28. The molecule has 0 radical (unpaired) electrons. The van der Waals surface area contributed by atoms with Gasteiger partial charge in [0.25, 0.3) is 0 Å². The highest BCUT2D eigenvalue weighted by atomic mass is 16.5. The van der Waals surface area contributed by atoms with Crippen LogP contribution < -0.4 is 15.4 Å². The molecular weight excluding hydrogens is 308 g/mol. The Morgan fingerprint density at radius 3 is 2.58 bits per heavy atom. The molecule has 1 aromatic heterocycles. The topological polar surface area (TPSA) is 89.3 Å². The van der Waals surface area contributed by atoms with Gasteiger partial charge in [-0.15, -0.1) is 0 Å². The molecule has 2 N–H and O–H groups in total. The Hall–Kier alpha value is -2.57. The Labute approximate surface area is 141 Å². The number of nitrogens with one attached hydrogen (secondary N) is 2. The van der Waals surface area contributed by atoms with E-state index in [0.717, 1.165) is 5.69 Å². The second kappa shape index (κ2) is 6.90. The van der Waals surface area contributed by atoms with Crippen LogP contribution in [0.1, 0.15) is 52.4 Å².